The van der Waals surface area contributed by atoms with E-state index in [1.807, 2.05) is 0 Å². The molecule has 0 aromatic carbocycles. The predicted molar refractivity (Wildman–Crippen MR) is 94.0 cm³/mol. The molecule has 0 aliphatic carbocycles. The van der Waals surface area contributed by atoms with Crippen LogP contribution >= 0.6 is 0 Å². The monoisotopic (exact) mass is 318 g/mol. The molecule has 0 fully saturated rings. The van der Waals surface area contributed by atoms with Gasteiger partial charge in [0, 0.05) is 6.42 Å². The number of aliphatic carboxylic acids is 1. The summed E-state index contributed by atoms with van der Waals surface area (Å²) < 4.78 is 0. The minimum absolute atomic E-state index is 0. The van der Waals surface area contributed by atoms with Gasteiger partial charge in [0.2, 0.25) is 0 Å². The number of unbranched alkanes of at least 4 members (excludes halogenated alkanes) is 5. The first-order valence-corrected chi connectivity index (χ1v) is 7.94. The van der Waals surface area contributed by atoms with Gasteiger partial charge in [0.05, 0.1) is 0 Å². The molecule has 0 bridgehead atoms. The summed E-state index contributed by atoms with van der Waals surface area (Å²) in [6, 6.07) is 0. The molecule has 116 valence electrons. The van der Waals surface area contributed by atoms with Crippen LogP contribution in [0.1, 0.15) is 71.1 Å². The van der Waals surface area contributed by atoms with Crippen molar-refractivity contribution in [2.24, 2.45) is 0 Å². The second kappa shape index (κ2) is 20.3. The SMILES string of the molecule is CC/C=C\C/C=C\C/C=C\CCCCCCCC(=O)O.[KH]. The van der Waals surface area contributed by atoms with Crippen molar-refractivity contribution in [1.29, 1.82) is 0 Å². The maximum absolute atomic E-state index is 10.3. The summed E-state index contributed by atoms with van der Waals surface area (Å²) in [4.78, 5) is 10.3. The molecular weight excluding hydrogens is 287 g/mol. The van der Waals surface area contributed by atoms with Crippen molar-refractivity contribution < 1.29 is 9.90 Å². The summed E-state index contributed by atoms with van der Waals surface area (Å²) in [5.74, 6) is -0.675. The average Bonchev–Trinajstić information content (AvgIpc) is 2.43. The fourth-order valence-electron chi connectivity index (χ4n) is 1.90. The molecular formula is C18H31KO2. The van der Waals surface area contributed by atoms with Crippen LogP contribution in [-0.2, 0) is 4.79 Å². The zero-order valence-electron chi connectivity index (χ0n) is 12.9. The van der Waals surface area contributed by atoms with Crippen LogP contribution < -0.4 is 0 Å². The second-order valence-corrected chi connectivity index (χ2v) is 4.99. The van der Waals surface area contributed by atoms with Crippen molar-refractivity contribution in [1.82, 2.24) is 0 Å². The van der Waals surface area contributed by atoms with Crippen LogP contribution in [0.25, 0.3) is 0 Å². The Labute approximate surface area is 173 Å². The van der Waals surface area contributed by atoms with Gasteiger partial charge >= 0.3 is 57.4 Å². The number of carboxylic acid groups (broad SMARTS) is 1. The summed E-state index contributed by atoms with van der Waals surface area (Å²) in [5, 5.41) is 8.50. The molecule has 0 aromatic rings. The molecule has 1 N–H and O–H groups in total. The van der Waals surface area contributed by atoms with Gasteiger partial charge in [-0.25, -0.2) is 0 Å². The molecule has 0 aliphatic rings. The number of hydrogen-bond acceptors (Lipinski definition) is 1. The van der Waals surface area contributed by atoms with Gasteiger partial charge in [0.1, 0.15) is 0 Å². The predicted octanol–water partition coefficient (Wildman–Crippen LogP) is 5.01. The van der Waals surface area contributed by atoms with Crippen molar-refractivity contribution in [2.45, 2.75) is 71.1 Å². The van der Waals surface area contributed by atoms with E-state index in [4.69, 9.17) is 5.11 Å². The number of rotatable bonds is 13. The Bertz CT molecular complexity index is 306. The van der Waals surface area contributed by atoms with Gasteiger partial charge in [0.25, 0.3) is 0 Å². The topological polar surface area (TPSA) is 37.3 Å². The van der Waals surface area contributed by atoms with E-state index < -0.39 is 5.97 Å². The molecule has 0 unspecified atom stereocenters. The van der Waals surface area contributed by atoms with Crippen LogP contribution in [0.3, 0.4) is 0 Å². The summed E-state index contributed by atoms with van der Waals surface area (Å²) in [6.45, 7) is 2.15. The molecule has 2 nitrogen and oxygen atoms in total. The molecule has 0 heterocycles. The van der Waals surface area contributed by atoms with Gasteiger partial charge in [-0.2, -0.15) is 0 Å². The quantitative estimate of drug-likeness (QED) is 0.294. The third kappa shape index (κ3) is 22.7. The minimum atomic E-state index is -0.675. The Morgan fingerprint density at radius 1 is 0.810 bits per heavy atom. The fourth-order valence-corrected chi connectivity index (χ4v) is 1.90. The Hall–Kier alpha value is 0.326. The standard InChI is InChI=1S/C18H30O2.K.H/c1-2-3-4-5-6-7-8-9-10-11-12-13-14-15-16-17-18(19)20;;/h3-4,6-7,9-10H,2,5,8,11-17H2,1H3,(H,19,20);;/b4-3-,7-6-,10-9-;;. The normalized spacial score (nSPS) is 11.5. The first-order chi connectivity index (χ1) is 9.77. The summed E-state index contributed by atoms with van der Waals surface area (Å²) in [7, 11) is 0. The molecule has 0 amide bonds. The maximum atomic E-state index is 10.3. The molecule has 0 aromatic heterocycles. The van der Waals surface area contributed by atoms with Crippen LogP contribution in [0.15, 0.2) is 36.5 Å². The van der Waals surface area contributed by atoms with Crippen molar-refractivity contribution in [3.63, 3.8) is 0 Å². The fraction of sp³-hybridized carbons (Fsp3) is 0.611. The molecule has 0 atom stereocenters. The van der Waals surface area contributed by atoms with Gasteiger partial charge < -0.3 is 5.11 Å². The average molecular weight is 319 g/mol. The Morgan fingerprint density at radius 3 is 1.95 bits per heavy atom. The molecule has 0 saturated carbocycles. The van der Waals surface area contributed by atoms with E-state index in [1.165, 1.54) is 12.8 Å². The molecule has 21 heavy (non-hydrogen) atoms. The molecule has 3 heteroatoms. The molecule has 0 spiro atoms. The molecule has 0 aliphatic heterocycles. The van der Waals surface area contributed by atoms with Gasteiger partial charge in [-0.1, -0.05) is 62.6 Å². The number of carbonyl (C=O) groups is 1. The second-order valence-electron chi connectivity index (χ2n) is 4.99. The summed E-state index contributed by atoms with van der Waals surface area (Å²) >= 11 is 0. The van der Waals surface area contributed by atoms with Crippen molar-refractivity contribution in [3.05, 3.63) is 36.5 Å². The summed E-state index contributed by atoms with van der Waals surface area (Å²) in [6.07, 6.45) is 23.4. The van der Waals surface area contributed by atoms with Gasteiger partial charge in [-0.3, -0.25) is 4.79 Å². The Morgan fingerprint density at radius 2 is 1.33 bits per heavy atom. The first kappa shape index (κ1) is 23.6. The van der Waals surface area contributed by atoms with E-state index in [0.717, 1.165) is 44.9 Å². The van der Waals surface area contributed by atoms with Crippen LogP contribution in [-0.4, -0.2) is 62.5 Å². The van der Waals surface area contributed by atoms with E-state index in [2.05, 4.69) is 43.4 Å². The van der Waals surface area contributed by atoms with Gasteiger partial charge in [-0.15, -0.1) is 0 Å². The first-order valence-electron chi connectivity index (χ1n) is 7.94. The Balaban J connectivity index is 0. The van der Waals surface area contributed by atoms with Crippen LogP contribution in [0.2, 0.25) is 0 Å². The van der Waals surface area contributed by atoms with Crippen LogP contribution in [0.4, 0.5) is 0 Å². The summed E-state index contributed by atoms with van der Waals surface area (Å²) in [5.41, 5.74) is 0. The van der Waals surface area contributed by atoms with Crippen LogP contribution in [0, 0.1) is 0 Å². The van der Waals surface area contributed by atoms with E-state index in [-0.39, 0.29) is 51.4 Å². The van der Waals surface area contributed by atoms with Gasteiger partial charge in [-0.05, 0) is 38.5 Å². The number of hydrogen-bond donors (Lipinski definition) is 1. The van der Waals surface area contributed by atoms with Gasteiger partial charge in [0.15, 0.2) is 0 Å². The Kier molecular flexibility index (Phi) is 22.8. The van der Waals surface area contributed by atoms with E-state index in [1.54, 1.807) is 0 Å². The van der Waals surface area contributed by atoms with Crippen LogP contribution in [0.5, 0.6) is 0 Å². The van der Waals surface area contributed by atoms with Crippen molar-refractivity contribution in [3.8, 4) is 0 Å². The van der Waals surface area contributed by atoms with E-state index in [9.17, 15) is 4.79 Å². The van der Waals surface area contributed by atoms with E-state index in [0.29, 0.717) is 6.42 Å². The zero-order chi connectivity index (χ0) is 14.9. The van der Waals surface area contributed by atoms with E-state index >= 15 is 0 Å². The zero-order valence-corrected chi connectivity index (χ0v) is 12.9. The molecule has 0 radical (unpaired) electrons. The third-order valence-electron chi connectivity index (χ3n) is 3.04. The third-order valence-corrected chi connectivity index (χ3v) is 3.04. The molecule has 0 saturated heterocycles. The van der Waals surface area contributed by atoms with Crippen molar-refractivity contribution in [2.75, 3.05) is 0 Å². The molecule has 0 rings (SSSR count). The van der Waals surface area contributed by atoms with Crippen molar-refractivity contribution >= 4 is 57.4 Å². The number of allylic oxidation sites excluding steroid dienone is 6. The number of carboxylic acids is 1.